The molecule has 2 N–H and O–H groups in total. The summed E-state index contributed by atoms with van der Waals surface area (Å²) in [6.07, 6.45) is 2.38. The molecule has 1 aromatic heterocycles. The number of aliphatic imine (C=N–C) groups is 1. The summed E-state index contributed by atoms with van der Waals surface area (Å²) in [6, 6.07) is 13.5. The fourth-order valence-corrected chi connectivity index (χ4v) is 2.70. The predicted molar refractivity (Wildman–Crippen MR) is 98.5 cm³/mol. The molecular weight excluding hydrogens is 296 g/mol. The van der Waals surface area contributed by atoms with E-state index in [1.807, 2.05) is 51.1 Å². The SMILES string of the molecule is C=C1CC(N)=NC1(C)c1ccnc(-c2cccc(C#N)c2)c1.CC. The maximum Gasteiger partial charge on any atom is 0.106 e. The Morgan fingerprint density at radius 3 is 2.62 bits per heavy atom. The van der Waals surface area contributed by atoms with Crippen molar-refractivity contribution in [3.8, 4) is 17.3 Å². The van der Waals surface area contributed by atoms with Gasteiger partial charge in [-0.2, -0.15) is 5.26 Å². The first-order chi connectivity index (χ1) is 11.5. The number of nitriles is 1. The van der Waals surface area contributed by atoms with Crippen LogP contribution in [0, 0.1) is 11.3 Å². The van der Waals surface area contributed by atoms with Crippen LogP contribution in [-0.4, -0.2) is 10.8 Å². The number of hydrogen-bond acceptors (Lipinski definition) is 4. The Kier molecular flexibility index (Phi) is 5.15. The van der Waals surface area contributed by atoms with Gasteiger partial charge in [0.05, 0.1) is 23.2 Å². The van der Waals surface area contributed by atoms with Crippen molar-refractivity contribution >= 4 is 5.84 Å². The van der Waals surface area contributed by atoms with Gasteiger partial charge < -0.3 is 5.73 Å². The first-order valence-corrected chi connectivity index (χ1v) is 8.02. The largest absolute Gasteiger partial charge is 0.387 e. The van der Waals surface area contributed by atoms with Gasteiger partial charge in [0.1, 0.15) is 5.54 Å². The number of amidine groups is 1. The summed E-state index contributed by atoms with van der Waals surface area (Å²) in [7, 11) is 0. The molecule has 1 aromatic carbocycles. The lowest BCUT2D eigenvalue weighted by molar-refractivity contribution is 0.611. The Balaban J connectivity index is 0.00000100. The van der Waals surface area contributed by atoms with Crippen molar-refractivity contribution in [3.05, 3.63) is 65.9 Å². The van der Waals surface area contributed by atoms with Crippen molar-refractivity contribution in [2.75, 3.05) is 0 Å². The molecule has 4 nitrogen and oxygen atoms in total. The fraction of sp³-hybridized carbons (Fsp3) is 0.250. The predicted octanol–water partition coefficient (Wildman–Crippen LogP) is 4.18. The third kappa shape index (κ3) is 3.21. The van der Waals surface area contributed by atoms with E-state index >= 15 is 0 Å². The molecule has 2 heterocycles. The summed E-state index contributed by atoms with van der Waals surface area (Å²) in [5.74, 6) is 0.609. The van der Waals surface area contributed by atoms with Crippen LogP contribution in [0.25, 0.3) is 11.3 Å². The summed E-state index contributed by atoms with van der Waals surface area (Å²) in [6.45, 7) is 10.1. The highest BCUT2D eigenvalue weighted by atomic mass is 15.0. The first-order valence-electron chi connectivity index (χ1n) is 8.02. The Labute approximate surface area is 143 Å². The molecule has 0 bridgehead atoms. The number of nitrogens with two attached hydrogens (primary N) is 1. The Hall–Kier alpha value is -2.93. The summed E-state index contributed by atoms with van der Waals surface area (Å²) < 4.78 is 0. The van der Waals surface area contributed by atoms with Crippen molar-refractivity contribution < 1.29 is 0 Å². The molecule has 1 aliphatic heterocycles. The number of aromatic nitrogens is 1. The van der Waals surface area contributed by atoms with Gasteiger partial charge in [-0.1, -0.05) is 32.6 Å². The molecule has 2 aromatic rings. The zero-order valence-corrected chi connectivity index (χ0v) is 14.4. The standard InChI is InChI=1S/C18H16N4.C2H6/c1-12-8-17(20)22-18(12,2)15-6-7-21-16(10-15)14-5-3-4-13(9-14)11-19;1-2/h3-7,9-10H,1,8H2,2H3,(H2,20,22);1-2H3. The highest BCUT2D eigenvalue weighted by Crippen LogP contribution is 2.39. The highest BCUT2D eigenvalue weighted by molar-refractivity contribution is 5.87. The van der Waals surface area contributed by atoms with Crippen LogP contribution in [0.15, 0.2) is 59.7 Å². The van der Waals surface area contributed by atoms with Crippen LogP contribution in [-0.2, 0) is 5.54 Å². The number of rotatable bonds is 2. The lowest BCUT2D eigenvalue weighted by Gasteiger charge is -2.23. The molecule has 0 fully saturated rings. The van der Waals surface area contributed by atoms with Gasteiger partial charge in [0.15, 0.2) is 0 Å². The van der Waals surface area contributed by atoms with E-state index in [0.717, 1.165) is 22.4 Å². The molecule has 0 amide bonds. The minimum atomic E-state index is -0.505. The van der Waals surface area contributed by atoms with E-state index in [2.05, 4.69) is 22.6 Å². The molecule has 0 saturated carbocycles. The maximum atomic E-state index is 9.03. The van der Waals surface area contributed by atoms with Crippen LogP contribution in [0.5, 0.6) is 0 Å². The number of pyridine rings is 1. The molecular formula is C20H22N4. The second-order valence-corrected chi connectivity index (χ2v) is 5.58. The van der Waals surface area contributed by atoms with Crippen molar-refractivity contribution in [2.24, 2.45) is 10.7 Å². The minimum Gasteiger partial charge on any atom is -0.387 e. The lowest BCUT2D eigenvalue weighted by Crippen LogP contribution is -2.18. The third-order valence-electron chi connectivity index (χ3n) is 4.06. The molecule has 1 aliphatic rings. The number of benzene rings is 1. The molecule has 0 radical (unpaired) electrons. The second-order valence-electron chi connectivity index (χ2n) is 5.58. The van der Waals surface area contributed by atoms with Crippen LogP contribution in [0.4, 0.5) is 0 Å². The maximum absolute atomic E-state index is 9.03. The third-order valence-corrected chi connectivity index (χ3v) is 4.06. The van der Waals surface area contributed by atoms with Crippen LogP contribution in [0.1, 0.15) is 38.3 Å². The monoisotopic (exact) mass is 318 g/mol. The smallest absolute Gasteiger partial charge is 0.106 e. The molecule has 3 rings (SSSR count). The van der Waals surface area contributed by atoms with Crippen LogP contribution in [0.3, 0.4) is 0 Å². The van der Waals surface area contributed by atoms with Crippen LogP contribution < -0.4 is 5.73 Å². The van der Waals surface area contributed by atoms with Gasteiger partial charge in [-0.3, -0.25) is 9.98 Å². The molecule has 1 atom stereocenters. The van der Waals surface area contributed by atoms with Crippen molar-refractivity contribution in [2.45, 2.75) is 32.7 Å². The second kappa shape index (κ2) is 7.10. The lowest BCUT2D eigenvalue weighted by atomic mass is 9.86. The van der Waals surface area contributed by atoms with Crippen molar-refractivity contribution in [1.82, 2.24) is 4.98 Å². The molecule has 4 heteroatoms. The minimum absolute atomic E-state index is 0.505. The zero-order chi connectivity index (χ0) is 17.7. The quantitative estimate of drug-likeness (QED) is 0.844. The van der Waals surface area contributed by atoms with Gasteiger partial charge in [-0.15, -0.1) is 0 Å². The van der Waals surface area contributed by atoms with E-state index in [-0.39, 0.29) is 0 Å². The van der Waals surface area contributed by atoms with Crippen molar-refractivity contribution in [1.29, 1.82) is 5.26 Å². The van der Waals surface area contributed by atoms with Gasteiger partial charge in [0, 0.05) is 18.2 Å². The van der Waals surface area contributed by atoms with E-state index in [0.29, 0.717) is 17.8 Å². The highest BCUT2D eigenvalue weighted by Gasteiger charge is 2.34. The van der Waals surface area contributed by atoms with E-state index in [4.69, 9.17) is 11.0 Å². The van der Waals surface area contributed by atoms with E-state index < -0.39 is 5.54 Å². The summed E-state index contributed by atoms with van der Waals surface area (Å²) in [5.41, 5.74) is 9.67. The average molecular weight is 318 g/mol. The normalized spacial score (nSPS) is 19.1. The van der Waals surface area contributed by atoms with Gasteiger partial charge in [0.25, 0.3) is 0 Å². The van der Waals surface area contributed by atoms with Crippen molar-refractivity contribution in [3.63, 3.8) is 0 Å². The molecule has 0 aliphatic carbocycles. The van der Waals surface area contributed by atoms with Crippen LogP contribution in [0.2, 0.25) is 0 Å². The van der Waals surface area contributed by atoms with Gasteiger partial charge in [-0.25, -0.2) is 0 Å². The first kappa shape index (κ1) is 17.4. The average Bonchev–Trinajstić information content (AvgIpc) is 2.90. The summed E-state index contributed by atoms with van der Waals surface area (Å²) >= 11 is 0. The fourth-order valence-electron chi connectivity index (χ4n) is 2.70. The Morgan fingerprint density at radius 1 is 1.25 bits per heavy atom. The molecule has 1 unspecified atom stereocenters. The molecule has 0 spiro atoms. The van der Waals surface area contributed by atoms with Gasteiger partial charge in [0.2, 0.25) is 0 Å². The van der Waals surface area contributed by atoms with Gasteiger partial charge in [-0.05, 0) is 42.3 Å². The zero-order valence-electron chi connectivity index (χ0n) is 14.4. The molecule has 0 saturated heterocycles. The molecule has 122 valence electrons. The number of nitrogens with zero attached hydrogens (tertiary/aromatic N) is 3. The Morgan fingerprint density at radius 2 is 2.00 bits per heavy atom. The Bertz CT molecular complexity index is 830. The summed E-state index contributed by atoms with van der Waals surface area (Å²) in [4.78, 5) is 8.97. The molecule has 24 heavy (non-hydrogen) atoms. The van der Waals surface area contributed by atoms with E-state index in [9.17, 15) is 0 Å². The van der Waals surface area contributed by atoms with E-state index in [1.54, 1.807) is 12.3 Å². The number of hydrogen-bond donors (Lipinski definition) is 1. The topological polar surface area (TPSA) is 75.1 Å². The van der Waals surface area contributed by atoms with Gasteiger partial charge >= 0.3 is 0 Å². The van der Waals surface area contributed by atoms with Crippen LogP contribution >= 0.6 is 0 Å². The summed E-state index contributed by atoms with van der Waals surface area (Å²) in [5, 5.41) is 9.03. The van der Waals surface area contributed by atoms with E-state index in [1.165, 1.54) is 0 Å².